The van der Waals surface area contributed by atoms with E-state index in [4.69, 9.17) is 4.42 Å². The van der Waals surface area contributed by atoms with E-state index >= 15 is 0 Å². The van der Waals surface area contributed by atoms with Crippen LogP contribution in [-0.4, -0.2) is 22.8 Å². The third-order valence-electron chi connectivity index (χ3n) is 4.35. The van der Waals surface area contributed by atoms with Crippen molar-refractivity contribution in [1.29, 1.82) is 0 Å². The second-order valence-electron chi connectivity index (χ2n) is 6.33. The van der Waals surface area contributed by atoms with Crippen LogP contribution in [0, 0.1) is 0 Å². The summed E-state index contributed by atoms with van der Waals surface area (Å²) in [6.07, 6.45) is 9.59. The standard InChI is InChI=1S/C18H23N3O3S/c22-16(19-13-6-3-1-2-4-7-13)10-9-14-12-25-18(20-14)21-17(23)15-8-5-11-24-15/h5,8,11-13H,1-4,6-7,9-10H2,(H,19,22)(H,20,21,23). The van der Waals surface area contributed by atoms with Crippen LogP contribution >= 0.6 is 11.3 Å². The molecule has 0 atom stereocenters. The average molecular weight is 361 g/mol. The molecule has 1 saturated carbocycles. The Labute approximate surface area is 151 Å². The molecule has 2 amide bonds. The molecule has 0 spiro atoms. The van der Waals surface area contributed by atoms with Crippen molar-refractivity contribution in [3.05, 3.63) is 35.2 Å². The number of aryl methyl sites for hydroxylation is 1. The minimum atomic E-state index is -0.322. The lowest BCUT2D eigenvalue weighted by Gasteiger charge is -2.15. The normalized spacial score (nSPS) is 15.5. The van der Waals surface area contributed by atoms with Gasteiger partial charge in [-0.25, -0.2) is 4.98 Å². The van der Waals surface area contributed by atoms with Crippen LogP contribution in [0.2, 0.25) is 0 Å². The Balaban J connectivity index is 1.43. The molecule has 2 aromatic rings. The van der Waals surface area contributed by atoms with Gasteiger partial charge in [-0.3, -0.25) is 14.9 Å². The number of nitrogens with one attached hydrogen (secondary N) is 2. The van der Waals surface area contributed by atoms with Gasteiger partial charge in [0.25, 0.3) is 5.91 Å². The van der Waals surface area contributed by atoms with Crippen molar-refractivity contribution < 1.29 is 14.0 Å². The van der Waals surface area contributed by atoms with Crippen molar-refractivity contribution >= 4 is 28.3 Å². The Morgan fingerprint density at radius 2 is 2.04 bits per heavy atom. The van der Waals surface area contributed by atoms with E-state index in [1.54, 1.807) is 12.1 Å². The quantitative estimate of drug-likeness (QED) is 0.767. The summed E-state index contributed by atoms with van der Waals surface area (Å²) in [6.45, 7) is 0. The first-order chi connectivity index (χ1) is 12.2. The van der Waals surface area contributed by atoms with E-state index in [1.807, 2.05) is 5.38 Å². The van der Waals surface area contributed by atoms with Gasteiger partial charge in [0.2, 0.25) is 5.91 Å². The molecule has 0 aliphatic heterocycles. The first kappa shape index (κ1) is 17.7. The van der Waals surface area contributed by atoms with Gasteiger partial charge >= 0.3 is 0 Å². The van der Waals surface area contributed by atoms with Gasteiger partial charge in [-0.05, 0) is 31.4 Å². The molecule has 2 N–H and O–H groups in total. The number of amides is 2. The molecular formula is C18H23N3O3S. The lowest BCUT2D eigenvalue weighted by Crippen LogP contribution is -2.34. The predicted octanol–water partition coefficient (Wildman–Crippen LogP) is 3.76. The highest BCUT2D eigenvalue weighted by atomic mass is 32.1. The first-order valence-electron chi connectivity index (χ1n) is 8.79. The minimum Gasteiger partial charge on any atom is -0.459 e. The van der Waals surface area contributed by atoms with Gasteiger partial charge in [0.1, 0.15) is 0 Å². The maximum Gasteiger partial charge on any atom is 0.293 e. The van der Waals surface area contributed by atoms with E-state index in [9.17, 15) is 9.59 Å². The summed E-state index contributed by atoms with van der Waals surface area (Å²) in [5.41, 5.74) is 0.816. The second kappa shape index (κ2) is 8.80. The fraction of sp³-hybridized carbons (Fsp3) is 0.500. The van der Waals surface area contributed by atoms with E-state index in [0.717, 1.165) is 18.5 Å². The zero-order valence-corrected chi connectivity index (χ0v) is 14.9. The fourth-order valence-electron chi connectivity index (χ4n) is 3.01. The SMILES string of the molecule is O=C(CCc1csc(NC(=O)c2ccco2)n1)NC1CCCCCC1. The van der Waals surface area contributed by atoms with Crippen molar-refractivity contribution in [1.82, 2.24) is 10.3 Å². The van der Waals surface area contributed by atoms with Gasteiger partial charge in [-0.1, -0.05) is 25.7 Å². The lowest BCUT2D eigenvalue weighted by atomic mass is 10.1. The van der Waals surface area contributed by atoms with Gasteiger partial charge in [0.05, 0.1) is 12.0 Å². The number of furan rings is 1. The second-order valence-corrected chi connectivity index (χ2v) is 7.19. The lowest BCUT2D eigenvalue weighted by molar-refractivity contribution is -0.121. The Hall–Kier alpha value is -2.15. The van der Waals surface area contributed by atoms with Crippen molar-refractivity contribution in [3.63, 3.8) is 0 Å². The number of anilines is 1. The van der Waals surface area contributed by atoms with Crippen LogP contribution in [0.25, 0.3) is 0 Å². The molecule has 0 aromatic carbocycles. The smallest absolute Gasteiger partial charge is 0.293 e. The molecule has 25 heavy (non-hydrogen) atoms. The average Bonchev–Trinajstić information content (AvgIpc) is 3.22. The fourth-order valence-corrected chi connectivity index (χ4v) is 3.75. The van der Waals surface area contributed by atoms with E-state index in [1.165, 1.54) is 43.3 Å². The summed E-state index contributed by atoms with van der Waals surface area (Å²) in [4.78, 5) is 28.4. The molecular weight excluding hydrogens is 338 g/mol. The monoisotopic (exact) mass is 361 g/mol. The van der Waals surface area contributed by atoms with Gasteiger partial charge in [0, 0.05) is 17.8 Å². The largest absolute Gasteiger partial charge is 0.459 e. The summed E-state index contributed by atoms with van der Waals surface area (Å²) in [5.74, 6) is 0.0117. The molecule has 1 aliphatic carbocycles. The van der Waals surface area contributed by atoms with E-state index in [2.05, 4.69) is 15.6 Å². The van der Waals surface area contributed by atoms with Crippen LogP contribution in [0.1, 0.15) is 61.2 Å². The van der Waals surface area contributed by atoms with E-state index < -0.39 is 0 Å². The number of aromatic nitrogens is 1. The summed E-state index contributed by atoms with van der Waals surface area (Å²) >= 11 is 1.35. The molecule has 7 heteroatoms. The summed E-state index contributed by atoms with van der Waals surface area (Å²) in [6, 6.07) is 3.59. The maximum absolute atomic E-state index is 12.1. The topological polar surface area (TPSA) is 84.2 Å². The van der Waals surface area contributed by atoms with Gasteiger partial charge in [0.15, 0.2) is 10.9 Å². The molecule has 6 nitrogen and oxygen atoms in total. The maximum atomic E-state index is 12.1. The van der Waals surface area contributed by atoms with Crippen molar-refractivity contribution in [2.75, 3.05) is 5.32 Å². The predicted molar refractivity (Wildman–Crippen MR) is 96.7 cm³/mol. The molecule has 1 aliphatic rings. The van der Waals surface area contributed by atoms with Crippen molar-refractivity contribution in [2.45, 2.75) is 57.4 Å². The van der Waals surface area contributed by atoms with Crippen molar-refractivity contribution in [2.24, 2.45) is 0 Å². The summed E-state index contributed by atoms with van der Waals surface area (Å²) < 4.78 is 5.05. The Bertz CT molecular complexity index is 688. The van der Waals surface area contributed by atoms with Gasteiger partial charge in [-0.2, -0.15) is 0 Å². The highest BCUT2D eigenvalue weighted by Crippen LogP contribution is 2.19. The van der Waals surface area contributed by atoms with Crippen LogP contribution in [-0.2, 0) is 11.2 Å². The zero-order valence-electron chi connectivity index (χ0n) is 14.1. The number of hydrogen-bond donors (Lipinski definition) is 2. The van der Waals surface area contributed by atoms with Gasteiger partial charge in [-0.15, -0.1) is 11.3 Å². The molecule has 1 fully saturated rings. The Morgan fingerprint density at radius 3 is 2.76 bits per heavy atom. The van der Waals surface area contributed by atoms with Gasteiger partial charge < -0.3 is 9.73 Å². The number of rotatable bonds is 6. The molecule has 2 aromatic heterocycles. The first-order valence-corrected chi connectivity index (χ1v) is 9.67. The van der Waals surface area contributed by atoms with Crippen LogP contribution in [0.3, 0.4) is 0 Å². The number of hydrogen-bond acceptors (Lipinski definition) is 5. The molecule has 0 saturated heterocycles. The Morgan fingerprint density at radius 1 is 1.24 bits per heavy atom. The molecule has 134 valence electrons. The third kappa shape index (κ3) is 5.42. The summed E-state index contributed by atoms with van der Waals surface area (Å²) in [5, 5.41) is 8.23. The molecule has 0 unspecified atom stereocenters. The van der Waals surface area contributed by atoms with Crippen molar-refractivity contribution in [3.8, 4) is 0 Å². The Kier molecular flexibility index (Phi) is 6.22. The molecule has 2 heterocycles. The van der Waals surface area contributed by atoms with Crippen LogP contribution in [0.5, 0.6) is 0 Å². The van der Waals surface area contributed by atoms with E-state index in [0.29, 0.717) is 24.0 Å². The van der Waals surface area contributed by atoms with Crippen LogP contribution < -0.4 is 10.6 Å². The highest BCUT2D eigenvalue weighted by Gasteiger charge is 2.15. The van der Waals surface area contributed by atoms with Crippen LogP contribution in [0.15, 0.2) is 28.2 Å². The highest BCUT2D eigenvalue weighted by molar-refractivity contribution is 7.13. The molecule has 3 rings (SSSR count). The number of nitrogens with zero attached hydrogens (tertiary/aromatic N) is 1. The number of thiazole rings is 1. The minimum absolute atomic E-state index is 0.0843. The summed E-state index contributed by atoms with van der Waals surface area (Å²) in [7, 11) is 0. The van der Waals surface area contributed by atoms with Crippen LogP contribution in [0.4, 0.5) is 5.13 Å². The van der Waals surface area contributed by atoms with E-state index in [-0.39, 0.29) is 17.6 Å². The number of carbonyl (C=O) groups excluding carboxylic acids is 2. The third-order valence-corrected chi connectivity index (χ3v) is 5.15. The molecule has 0 radical (unpaired) electrons. The zero-order chi connectivity index (χ0) is 17.5. The molecule has 0 bridgehead atoms. The number of carbonyl (C=O) groups is 2.